The summed E-state index contributed by atoms with van der Waals surface area (Å²) in [6.45, 7) is 18.2. The summed E-state index contributed by atoms with van der Waals surface area (Å²) in [5, 5.41) is 9.37. The molecular weight excluding hydrogens is 334 g/mol. The minimum absolute atomic E-state index is 0.382. The van der Waals surface area contributed by atoms with Crippen LogP contribution in [0.2, 0.25) is 6.82 Å². The highest BCUT2D eigenvalue weighted by Gasteiger charge is 2.06. The summed E-state index contributed by atoms with van der Waals surface area (Å²) in [6.07, 6.45) is 0.977. The Morgan fingerprint density at radius 2 is 1.56 bits per heavy atom. The molecule has 104 valence electrons. The Kier molecular flexibility index (Phi) is 20.9. The largest absolute Gasteiger partial charge is 0.508 e. The zero-order valence-electron chi connectivity index (χ0n) is 12.8. The van der Waals surface area contributed by atoms with Gasteiger partial charge in [-0.25, -0.2) is 0 Å². The third-order valence-corrected chi connectivity index (χ3v) is 2.59. The average molecular weight is 362 g/mol. The molecule has 0 saturated heterocycles. The number of halogens is 1. The number of phenolic OH excluding ortho intramolecular Hbond substituents is 1. The zero-order chi connectivity index (χ0) is 15.1. The lowest BCUT2D eigenvalue weighted by Crippen LogP contribution is -2.19. The molecule has 0 fully saturated rings. The molecule has 0 unspecified atom stereocenters. The summed E-state index contributed by atoms with van der Waals surface area (Å²) >= 11 is 2.35. The lowest BCUT2D eigenvalue weighted by molar-refractivity contribution is 0.475. The third-order valence-electron chi connectivity index (χ3n) is 1.87. The highest BCUT2D eigenvalue weighted by Crippen LogP contribution is 2.11. The smallest absolute Gasteiger partial charge is 0.247 e. The van der Waals surface area contributed by atoms with Crippen LogP contribution in [0.5, 0.6) is 5.75 Å². The Balaban J connectivity index is -0.000000328. The Bertz CT molecular complexity index is 288. The van der Waals surface area contributed by atoms with Crippen molar-refractivity contribution < 1.29 is 5.11 Å². The van der Waals surface area contributed by atoms with E-state index in [2.05, 4.69) is 55.3 Å². The van der Waals surface area contributed by atoms with Gasteiger partial charge in [0, 0.05) is 0 Å². The van der Waals surface area contributed by atoms with Crippen LogP contribution in [0, 0.1) is 0 Å². The molecule has 0 aliphatic carbocycles. The summed E-state index contributed by atoms with van der Waals surface area (Å²) in [5.41, 5.74) is 2.40. The highest BCUT2D eigenvalue weighted by molar-refractivity contribution is 14.1. The number of aryl methyl sites for hydroxylation is 1. The minimum Gasteiger partial charge on any atom is -0.508 e. The fourth-order valence-electron chi connectivity index (χ4n) is 1.13. The molecule has 18 heavy (non-hydrogen) atoms. The van der Waals surface area contributed by atoms with Crippen molar-refractivity contribution in [2.24, 2.45) is 0 Å². The molecule has 0 heterocycles. The fourth-order valence-corrected chi connectivity index (χ4v) is 1.49. The quantitative estimate of drug-likeness (QED) is 0.442. The first-order chi connectivity index (χ1) is 8.63. The maximum atomic E-state index is 9.37. The van der Waals surface area contributed by atoms with Crippen LogP contribution in [0.4, 0.5) is 0 Å². The van der Waals surface area contributed by atoms with Gasteiger partial charge in [0.05, 0.1) is 0 Å². The van der Waals surface area contributed by atoms with Crippen molar-refractivity contribution in [3.8, 4) is 5.75 Å². The number of aromatic hydroxyl groups is 1. The van der Waals surface area contributed by atoms with Crippen LogP contribution in [0.25, 0.3) is 0 Å². The van der Waals surface area contributed by atoms with Crippen molar-refractivity contribution in [2.75, 3.05) is 0 Å². The second kappa shape index (κ2) is 16.6. The maximum absolute atomic E-state index is 9.37. The number of phenols is 1. The van der Waals surface area contributed by atoms with E-state index in [0.717, 1.165) is 6.42 Å². The highest BCUT2D eigenvalue weighted by atomic mass is 127. The summed E-state index contributed by atoms with van der Waals surface area (Å²) in [5.74, 6) is 0.382. The van der Waals surface area contributed by atoms with E-state index in [1.54, 1.807) is 0 Å². The van der Waals surface area contributed by atoms with Gasteiger partial charge in [0.2, 0.25) is 4.57 Å². The normalized spacial score (nSPS) is 7.50. The van der Waals surface area contributed by atoms with Crippen LogP contribution in [-0.2, 0) is 6.42 Å². The second-order valence-electron chi connectivity index (χ2n) is 2.90. The molecule has 0 saturated carbocycles. The molecule has 0 aliphatic rings. The van der Waals surface area contributed by atoms with Crippen LogP contribution in [0.15, 0.2) is 31.4 Å². The predicted octanol–water partition coefficient (Wildman–Crippen LogP) is 5.07. The van der Waals surface area contributed by atoms with Crippen LogP contribution < -0.4 is 5.46 Å². The molecule has 1 N–H and O–H groups in total. The average Bonchev–Trinajstić information content (AvgIpc) is 2.44. The van der Waals surface area contributed by atoms with E-state index in [-0.39, 0.29) is 0 Å². The summed E-state index contributed by atoms with van der Waals surface area (Å²) in [7, 11) is 0. The van der Waals surface area contributed by atoms with Crippen molar-refractivity contribution in [1.29, 1.82) is 0 Å². The summed E-state index contributed by atoms with van der Waals surface area (Å²) in [6, 6.07) is 5.80. The minimum atomic E-state index is 0.382. The van der Waals surface area contributed by atoms with Gasteiger partial charge in [-0.15, -0.1) is 35.5 Å². The van der Waals surface area contributed by atoms with Crippen molar-refractivity contribution >= 4 is 32.4 Å². The van der Waals surface area contributed by atoms with Gasteiger partial charge in [0.25, 0.3) is 0 Å². The second-order valence-corrected chi connectivity index (χ2v) is 4.77. The Morgan fingerprint density at radius 1 is 1.11 bits per heavy atom. The van der Waals surface area contributed by atoms with E-state index in [1.165, 1.54) is 11.0 Å². The maximum Gasteiger partial charge on any atom is 0.247 e. The van der Waals surface area contributed by atoms with Crippen LogP contribution in [0.1, 0.15) is 40.2 Å². The monoisotopic (exact) mass is 362 g/mol. The van der Waals surface area contributed by atoms with E-state index in [4.69, 9.17) is 0 Å². The van der Waals surface area contributed by atoms with Gasteiger partial charge >= 0.3 is 0 Å². The Labute approximate surface area is 128 Å². The molecule has 0 bridgehead atoms. The molecule has 1 rings (SSSR count). The van der Waals surface area contributed by atoms with Gasteiger partial charge < -0.3 is 5.11 Å². The zero-order valence-corrected chi connectivity index (χ0v) is 14.9. The van der Waals surface area contributed by atoms with Crippen LogP contribution >= 0.6 is 22.4 Å². The molecule has 0 aromatic heterocycles. The van der Waals surface area contributed by atoms with Gasteiger partial charge in [-0.05, 0) is 24.1 Å². The fraction of sp³-hybridized carbons (Fsp3) is 0.467. The van der Waals surface area contributed by atoms with Gasteiger partial charge in [-0.2, -0.15) is 0 Å². The van der Waals surface area contributed by atoms with Gasteiger partial charge in [0.1, 0.15) is 5.75 Å². The number of hydrogen-bond donors (Lipinski definition) is 1. The predicted molar refractivity (Wildman–Crippen MR) is 96.7 cm³/mol. The van der Waals surface area contributed by atoms with Crippen molar-refractivity contribution in [2.45, 2.75) is 47.9 Å². The van der Waals surface area contributed by atoms with Crippen molar-refractivity contribution in [1.82, 2.24) is 0 Å². The van der Waals surface area contributed by atoms with Crippen molar-refractivity contribution in [3.05, 3.63) is 36.9 Å². The number of hydrogen-bond acceptors (Lipinski definition) is 1. The first-order valence-corrected chi connectivity index (χ1v) is 7.85. The van der Waals surface area contributed by atoms with Crippen molar-refractivity contribution in [3.63, 3.8) is 0 Å². The van der Waals surface area contributed by atoms with E-state index in [9.17, 15) is 5.11 Å². The molecule has 0 aliphatic heterocycles. The Morgan fingerprint density at radius 3 is 1.89 bits per heavy atom. The third kappa shape index (κ3) is 10.7. The lowest BCUT2D eigenvalue weighted by atomic mass is 9.72. The van der Waals surface area contributed by atoms with E-state index >= 15 is 0 Å². The summed E-state index contributed by atoms with van der Waals surface area (Å²) < 4.78 is 0.458. The molecule has 0 spiro atoms. The van der Waals surface area contributed by atoms with Gasteiger partial charge in [-0.1, -0.05) is 53.0 Å². The van der Waals surface area contributed by atoms with Crippen LogP contribution in [0.3, 0.4) is 0 Å². The molecule has 1 aromatic rings. The number of rotatable bonds is 2. The SMILES string of the molecule is C=C.CC.CC.CCc1cc(O)cc(B(C)I)c1. The van der Waals surface area contributed by atoms with E-state index in [0.29, 0.717) is 10.3 Å². The standard InChI is InChI=1S/C9H12BIO.2C2H6.C2H4/c1-3-7-4-8(10(2)11)6-9(12)5-7;3*1-2/h4-6,12H,3H2,1-2H3;2*1-2H3;1-2H2. The molecule has 1 aromatic carbocycles. The number of benzene rings is 1. The topological polar surface area (TPSA) is 20.2 Å². The summed E-state index contributed by atoms with van der Waals surface area (Å²) in [4.78, 5) is 0. The van der Waals surface area contributed by atoms with E-state index < -0.39 is 0 Å². The Hall–Kier alpha value is -0.445. The molecule has 0 radical (unpaired) electrons. The lowest BCUT2D eigenvalue weighted by Gasteiger charge is -2.04. The van der Waals surface area contributed by atoms with Crippen LogP contribution in [-0.4, -0.2) is 9.68 Å². The molecule has 0 amide bonds. The first kappa shape index (κ1) is 22.7. The van der Waals surface area contributed by atoms with Gasteiger partial charge in [0.15, 0.2) is 0 Å². The molecular formula is C15H28BIO. The van der Waals surface area contributed by atoms with E-state index in [1.807, 2.05) is 39.8 Å². The molecule has 0 atom stereocenters. The molecule has 1 nitrogen and oxygen atoms in total. The first-order valence-electron chi connectivity index (χ1n) is 6.60. The molecule has 3 heteroatoms. The van der Waals surface area contributed by atoms with Gasteiger partial charge in [-0.3, -0.25) is 0 Å².